The van der Waals surface area contributed by atoms with Crippen LogP contribution >= 0.6 is 0 Å². The van der Waals surface area contributed by atoms with E-state index in [-0.39, 0.29) is 0 Å². The molecule has 0 saturated heterocycles. The summed E-state index contributed by atoms with van der Waals surface area (Å²) in [5.41, 5.74) is 17.0. The molecule has 57 heavy (non-hydrogen) atoms. The molecular weight excluding hydrogens is 697 g/mol. The summed E-state index contributed by atoms with van der Waals surface area (Å²) in [5.74, 6) is 1.69. The highest BCUT2D eigenvalue weighted by Crippen LogP contribution is 2.49. The third-order valence-corrected chi connectivity index (χ3v) is 11.6. The molecule has 1 aliphatic heterocycles. The predicted molar refractivity (Wildman–Crippen MR) is 234 cm³/mol. The van der Waals surface area contributed by atoms with Crippen molar-refractivity contribution in [3.8, 4) is 78.3 Å². The molecule has 266 valence electrons. The van der Waals surface area contributed by atoms with Crippen LogP contribution in [-0.2, 0) is 0 Å². The maximum atomic E-state index is 6.73. The number of fused-ring (bicyclic) bond motifs is 11. The fraction of sp³-hybridized carbons (Fsp3) is 0. The van der Waals surface area contributed by atoms with Crippen molar-refractivity contribution >= 4 is 43.9 Å². The van der Waals surface area contributed by atoms with E-state index in [9.17, 15) is 0 Å². The second kappa shape index (κ2) is 12.5. The zero-order valence-electron chi connectivity index (χ0n) is 30.7. The van der Waals surface area contributed by atoms with Crippen molar-refractivity contribution in [3.05, 3.63) is 194 Å². The molecule has 3 heterocycles. The Morgan fingerprint density at radius 3 is 1.09 bits per heavy atom. The number of ether oxygens (including phenoxy) is 1. The first-order valence-electron chi connectivity index (χ1n) is 19.3. The van der Waals surface area contributed by atoms with Crippen LogP contribution in [-0.4, -0.2) is 0 Å². The van der Waals surface area contributed by atoms with Gasteiger partial charge in [-0.15, -0.1) is 0 Å². The Balaban J connectivity index is 0.878. The molecule has 0 unspecified atom stereocenters. The Hall–Kier alpha value is -7.62. The van der Waals surface area contributed by atoms with Crippen LogP contribution in [0.15, 0.2) is 203 Å². The van der Waals surface area contributed by atoms with Crippen LogP contribution in [0, 0.1) is 0 Å². The lowest BCUT2D eigenvalue weighted by Crippen LogP contribution is -1.88. The van der Waals surface area contributed by atoms with E-state index < -0.39 is 0 Å². The first kappa shape index (κ1) is 31.7. The zero-order valence-corrected chi connectivity index (χ0v) is 30.7. The molecule has 0 radical (unpaired) electrons. The third-order valence-electron chi connectivity index (χ3n) is 11.6. The first-order chi connectivity index (χ1) is 28.2. The topological polar surface area (TPSA) is 35.5 Å². The lowest BCUT2D eigenvalue weighted by Gasteiger charge is -2.12. The van der Waals surface area contributed by atoms with Gasteiger partial charge in [-0.05, 0) is 80.9 Å². The minimum Gasteiger partial charge on any atom is -0.456 e. The largest absolute Gasteiger partial charge is 0.456 e. The average Bonchev–Trinajstić information content (AvgIpc) is 3.82. The van der Waals surface area contributed by atoms with Crippen molar-refractivity contribution in [1.29, 1.82) is 0 Å². The van der Waals surface area contributed by atoms with Gasteiger partial charge in [0.1, 0.15) is 33.8 Å². The van der Waals surface area contributed by atoms with Crippen LogP contribution in [0.2, 0.25) is 0 Å². The molecule has 2 aromatic heterocycles. The summed E-state index contributed by atoms with van der Waals surface area (Å²) in [6.45, 7) is 0. The van der Waals surface area contributed by atoms with Gasteiger partial charge in [0.25, 0.3) is 0 Å². The highest BCUT2D eigenvalue weighted by molar-refractivity contribution is 6.10. The third kappa shape index (κ3) is 5.06. The van der Waals surface area contributed by atoms with Crippen LogP contribution in [0.5, 0.6) is 11.5 Å². The zero-order chi connectivity index (χ0) is 37.5. The summed E-state index contributed by atoms with van der Waals surface area (Å²) in [5, 5.41) is 4.55. The number of furan rings is 2. The molecule has 9 aromatic carbocycles. The molecule has 0 atom stereocenters. The van der Waals surface area contributed by atoms with E-state index in [4.69, 9.17) is 13.6 Å². The molecule has 0 spiro atoms. The second-order valence-electron chi connectivity index (χ2n) is 14.8. The van der Waals surface area contributed by atoms with Crippen molar-refractivity contribution in [2.24, 2.45) is 0 Å². The van der Waals surface area contributed by atoms with Gasteiger partial charge in [-0.25, -0.2) is 0 Å². The summed E-state index contributed by atoms with van der Waals surface area (Å²) in [6, 6.07) is 68.5. The van der Waals surface area contributed by atoms with Gasteiger partial charge < -0.3 is 13.6 Å². The number of benzene rings is 9. The van der Waals surface area contributed by atoms with E-state index in [0.29, 0.717) is 0 Å². The van der Waals surface area contributed by atoms with E-state index >= 15 is 0 Å². The minimum absolute atomic E-state index is 0.843. The molecule has 1 aliphatic rings. The highest BCUT2D eigenvalue weighted by Gasteiger charge is 2.22. The first-order valence-corrected chi connectivity index (χ1v) is 19.3. The fourth-order valence-corrected chi connectivity index (χ4v) is 8.72. The molecule has 0 N–H and O–H groups in total. The minimum atomic E-state index is 0.843. The number of hydrogen-bond acceptors (Lipinski definition) is 3. The number of para-hydroxylation sites is 4. The molecule has 0 aliphatic carbocycles. The van der Waals surface area contributed by atoms with Crippen molar-refractivity contribution in [2.75, 3.05) is 0 Å². The van der Waals surface area contributed by atoms with Gasteiger partial charge in [-0.1, -0.05) is 158 Å². The maximum absolute atomic E-state index is 6.73. The van der Waals surface area contributed by atoms with Crippen molar-refractivity contribution < 1.29 is 13.6 Å². The summed E-state index contributed by atoms with van der Waals surface area (Å²) >= 11 is 0. The van der Waals surface area contributed by atoms with Crippen LogP contribution in [0.25, 0.3) is 111 Å². The van der Waals surface area contributed by atoms with Crippen molar-refractivity contribution in [3.63, 3.8) is 0 Å². The normalized spacial score (nSPS) is 12.0. The van der Waals surface area contributed by atoms with Gasteiger partial charge in [0.15, 0.2) is 0 Å². The van der Waals surface area contributed by atoms with Gasteiger partial charge in [0.2, 0.25) is 0 Å². The van der Waals surface area contributed by atoms with E-state index in [1.54, 1.807) is 0 Å². The lowest BCUT2D eigenvalue weighted by atomic mass is 9.91. The quantitative estimate of drug-likeness (QED) is 0.181. The molecule has 11 aromatic rings. The summed E-state index contributed by atoms with van der Waals surface area (Å²) in [6.07, 6.45) is 0. The smallest absolute Gasteiger partial charge is 0.143 e. The molecule has 0 saturated carbocycles. The molecule has 0 bridgehead atoms. The van der Waals surface area contributed by atoms with Crippen molar-refractivity contribution in [1.82, 2.24) is 0 Å². The van der Waals surface area contributed by atoms with E-state index in [1.165, 1.54) is 0 Å². The average molecular weight is 729 g/mol. The van der Waals surface area contributed by atoms with Crippen LogP contribution in [0.4, 0.5) is 0 Å². The van der Waals surface area contributed by atoms with Gasteiger partial charge in [-0.2, -0.15) is 0 Å². The molecule has 3 heteroatoms. The van der Waals surface area contributed by atoms with E-state index in [0.717, 1.165) is 122 Å². The van der Waals surface area contributed by atoms with Crippen molar-refractivity contribution in [2.45, 2.75) is 0 Å². The van der Waals surface area contributed by atoms with Crippen LogP contribution in [0.1, 0.15) is 0 Å². The summed E-state index contributed by atoms with van der Waals surface area (Å²) in [4.78, 5) is 0. The predicted octanol–water partition coefficient (Wildman–Crippen LogP) is 15.6. The Labute approximate surface area is 328 Å². The molecule has 3 nitrogen and oxygen atoms in total. The fourth-order valence-electron chi connectivity index (χ4n) is 8.72. The van der Waals surface area contributed by atoms with Gasteiger partial charge >= 0.3 is 0 Å². The van der Waals surface area contributed by atoms with Gasteiger partial charge in [0, 0.05) is 43.8 Å². The second-order valence-corrected chi connectivity index (χ2v) is 14.8. The Kier molecular flexibility index (Phi) is 6.93. The van der Waals surface area contributed by atoms with Gasteiger partial charge in [-0.3, -0.25) is 0 Å². The maximum Gasteiger partial charge on any atom is 0.143 e. The summed E-state index contributed by atoms with van der Waals surface area (Å²) < 4.78 is 19.4. The molecule has 12 rings (SSSR count). The molecular formula is C54H32O3. The monoisotopic (exact) mass is 728 g/mol. The molecule has 0 fully saturated rings. The van der Waals surface area contributed by atoms with Gasteiger partial charge in [0.05, 0.1) is 0 Å². The lowest BCUT2D eigenvalue weighted by molar-refractivity contribution is 0.488. The Bertz CT molecular complexity index is 3140. The van der Waals surface area contributed by atoms with Crippen LogP contribution in [0.3, 0.4) is 0 Å². The SMILES string of the molecule is c1ccc2c(c1)-c1cc(-c3ccc(-c4cccc5c4oc4ccccc45)cc3)ccc1Oc1ccc(-c3ccc(-c4cccc5c4oc4ccccc45)cc3)cc1-2. The Morgan fingerprint density at radius 1 is 0.246 bits per heavy atom. The Morgan fingerprint density at radius 2 is 0.614 bits per heavy atom. The highest BCUT2D eigenvalue weighted by atomic mass is 16.5. The standard InChI is InChI=1S/C54H32O3/c1-2-10-42-41(9-1)47-31-37(33-19-23-35(24-20-33)39-13-7-15-45-43-11-3-5-17-49(43)56-53(39)45)27-29-51(47)55-52-30-28-38(32-48(42)52)34-21-25-36(26-22-34)40-14-8-16-46-44-12-4-6-18-50(44)57-54(40)46/h1-32H. The van der Waals surface area contributed by atoms with E-state index in [1.807, 2.05) is 24.3 Å². The van der Waals surface area contributed by atoms with Crippen LogP contribution < -0.4 is 4.74 Å². The number of hydrogen-bond donors (Lipinski definition) is 0. The summed E-state index contributed by atoms with van der Waals surface area (Å²) in [7, 11) is 0. The number of rotatable bonds is 4. The molecule has 0 amide bonds. The van der Waals surface area contributed by atoms with E-state index in [2.05, 4.69) is 170 Å².